The standard InChI is InChI=1S/C19H35N3O3/c1-19(2,3)13-17(23)22-9-5-15(12-18(24)25)16(14-22)4-8-21-10-6-20-7-11-21/h15-16,20H,4-14H2,1-3H3,(H,24,25). The molecule has 0 aromatic rings. The highest BCUT2D eigenvalue weighted by molar-refractivity contribution is 5.77. The number of carboxylic acid groups (broad SMARTS) is 1. The molecule has 2 saturated heterocycles. The Balaban J connectivity index is 1.93. The molecule has 2 fully saturated rings. The fraction of sp³-hybridized carbons (Fsp3) is 0.895. The highest BCUT2D eigenvalue weighted by atomic mass is 16.4. The van der Waals surface area contributed by atoms with E-state index in [1.165, 1.54) is 0 Å². The van der Waals surface area contributed by atoms with Crippen molar-refractivity contribution in [3.63, 3.8) is 0 Å². The second-order valence-corrected chi connectivity index (χ2v) is 8.86. The molecule has 6 nitrogen and oxygen atoms in total. The fourth-order valence-corrected chi connectivity index (χ4v) is 3.98. The van der Waals surface area contributed by atoms with Crippen molar-refractivity contribution in [3.8, 4) is 0 Å². The number of carbonyl (C=O) groups is 2. The van der Waals surface area contributed by atoms with Crippen molar-refractivity contribution < 1.29 is 14.7 Å². The minimum absolute atomic E-state index is 0.00864. The van der Waals surface area contributed by atoms with Gasteiger partial charge in [-0.1, -0.05) is 20.8 Å². The molecule has 0 radical (unpaired) electrons. The molecule has 2 rings (SSSR count). The Morgan fingerprint density at radius 1 is 1.12 bits per heavy atom. The smallest absolute Gasteiger partial charge is 0.303 e. The molecular weight excluding hydrogens is 318 g/mol. The molecule has 6 heteroatoms. The van der Waals surface area contributed by atoms with Gasteiger partial charge in [0.25, 0.3) is 0 Å². The summed E-state index contributed by atoms with van der Waals surface area (Å²) in [7, 11) is 0. The Morgan fingerprint density at radius 2 is 1.80 bits per heavy atom. The molecule has 2 heterocycles. The second-order valence-electron chi connectivity index (χ2n) is 8.86. The van der Waals surface area contributed by atoms with Crippen molar-refractivity contribution in [1.82, 2.24) is 15.1 Å². The van der Waals surface area contributed by atoms with Crippen molar-refractivity contribution >= 4 is 11.9 Å². The Kier molecular flexibility index (Phi) is 7.25. The van der Waals surface area contributed by atoms with Crippen LogP contribution in [0.15, 0.2) is 0 Å². The summed E-state index contributed by atoms with van der Waals surface area (Å²) in [6.45, 7) is 12.9. The van der Waals surface area contributed by atoms with E-state index in [-0.39, 0.29) is 23.7 Å². The van der Waals surface area contributed by atoms with Crippen LogP contribution in [0.1, 0.15) is 46.5 Å². The van der Waals surface area contributed by atoms with E-state index in [0.29, 0.717) is 18.9 Å². The third kappa shape index (κ3) is 6.94. The zero-order chi connectivity index (χ0) is 18.4. The van der Waals surface area contributed by atoms with Crippen LogP contribution in [0, 0.1) is 17.3 Å². The van der Waals surface area contributed by atoms with E-state index in [4.69, 9.17) is 0 Å². The van der Waals surface area contributed by atoms with E-state index in [1.807, 2.05) is 4.90 Å². The SMILES string of the molecule is CC(C)(C)CC(=O)N1CCC(CC(=O)O)C(CCN2CCNCC2)C1. The van der Waals surface area contributed by atoms with Crippen LogP contribution in [0.2, 0.25) is 0 Å². The van der Waals surface area contributed by atoms with Crippen LogP contribution in [0.4, 0.5) is 0 Å². The number of amides is 1. The monoisotopic (exact) mass is 353 g/mol. The lowest BCUT2D eigenvalue weighted by Gasteiger charge is -2.40. The number of nitrogens with one attached hydrogen (secondary N) is 1. The lowest BCUT2D eigenvalue weighted by molar-refractivity contribution is -0.140. The van der Waals surface area contributed by atoms with Gasteiger partial charge in [-0.2, -0.15) is 0 Å². The molecule has 0 saturated carbocycles. The number of hydrogen-bond donors (Lipinski definition) is 2. The topological polar surface area (TPSA) is 72.9 Å². The number of aliphatic carboxylic acids is 1. The Morgan fingerprint density at radius 3 is 2.40 bits per heavy atom. The summed E-state index contributed by atoms with van der Waals surface area (Å²) in [5, 5.41) is 12.6. The van der Waals surface area contributed by atoms with Crippen LogP contribution < -0.4 is 5.32 Å². The summed E-state index contributed by atoms with van der Waals surface area (Å²) in [6.07, 6.45) is 2.58. The molecule has 0 bridgehead atoms. The third-order valence-corrected chi connectivity index (χ3v) is 5.39. The van der Waals surface area contributed by atoms with E-state index in [0.717, 1.165) is 52.1 Å². The predicted molar refractivity (Wildman–Crippen MR) is 98.4 cm³/mol. The highest BCUT2D eigenvalue weighted by Gasteiger charge is 2.33. The zero-order valence-corrected chi connectivity index (χ0v) is 16.1. The van der Waals surface area contributed by atoms with Crippen LogP contribution in [-0.2, 0) is 9.59 Å². The minimum Gasteiger partial charge on any atom is -0.481 e. The van der Waals surface area contributed by atoms with Crippen molar-refractivity contribution in [2.45, 2.75) is 46.5 Å². The number of piperidine rings is 1. The molecule has 2 N–H and O–H groups in total. The lowest BCUT2D eigenvalue weighted by Crippen LogP contribution is -2.47. The summed E-state index contributed by atoms with van der Waals surface area (Å²) in [4.78, 5) is 28.2. The van der Waals surface area contributed by atoms with Crippen molar-refractivity contribution in [2.75, 3.05) is 45.8 Å². The number of nitrogens with zero attached hydrogens (tertiary/aromatic N) is 2. The van der Waals surface area contributed by atoms with Crippen molar-refractivity contribution in [1.29, 1.82) is 0 Å². The van der Waals surface area contributed by atoms with Crippen LogP contribution in [0.3, 0.4) is 0 Å². The average Bonchev–Trinajstić information content (AvgIpc) is 2.52. The van der Waals surface area contributed by atoms with Gasteiger partial charge in [0, 0.05) is 52.1 Å². The van der Waals surface area contributed by atoms with Gasteiger partial charge >= 0.3 is 5.97 Å². The summed E-state index contributed by atoms with van der Waals surface area (Å²) >= 11 is 0. The number of carboxylic acids is 1. The van der Waals surface area contributed by atoms with Gasteiger partial charge in [-0.25, -0.2) is 0 Å². The maximum absolute atomic E-state index is 12.6. The number of rotatable bonds is 6. The van der Waals surface area contributed by atoms with Gasteiger partial charge in [0.05, 0.1) is 0 Å². The molecule has 2 aliphatic rings. The van der Waals surface area contributed by atoms with Gasteiger partial charge in [-0.3, -0.25) is 9.59 Å². The van der Waals surface area contributed by atoms with Gasteiger partial charge in [0.2, 0.25) is 5.91 Å². The van der Waals surface area contributed by atoms with E-state index in [1.54, 1.807) is 0 Å². The molecule has 0 spiro atoms. The van der Waals surface area contributed by atoms with Gasteiger partial charge in [0.15, 0.2) is 0 Å². The zero-order valence-electron chi connectivity index (χ0n) is 16.1. The first-order valence-electron chi connectivity index (χ1n) is 9.67. The van der Waals surface area contributed by atoms with E-state index in [2.05, 4.69) is 31.0 Å². The van der Waals surface area contributed by atoms with Gasteiger partial charge in [-0.15, -0.1) is 0 Å². The lowest BCUT2D eigenvalue weighted by atomic mass is 9.80. The van der Waals surface area contributed by atoms with Gasteiger partial charge in [0.1, 0.15) is 0 Å². The van der Waals surface area contributed by atoms with Crippen LogP contribution >= 0.6 is 0 Å². The second kappa shape index (κ2) is 8.99. The first kappa shape index (κ1) is 20.2. The Labute approximate surface area is 151 Å². The van der Waals surface area contributed by atoms with Crippen LogP contribution in [0.5, 0.6) is 0 Å². The molecule has 2 atom stereocenters. The Bertz CT molecular complexity index is 455. The maximum Gasteiger partial charge on any atom is 0.303 e. The highest BCUT2D eigenvalue weighted by Crippen LogP contribution is 2.31. The molecule has 144 valence electrons. The predicted octanol–water partition coefficient (Wildman–Crippen LogP) is 1.66. The molecular formula is C19H35N3O3. The van der Waals surface area contributed by atoms with Crippen molar-refractivity contribution in [2.24, 2.45) is 17.3 Å². The number of hydrogen-bond acceptors (Lipinski definition) is 4. The first-order valence-corrected chi connectivity index (χ1v) is 9.67. The molecule has 2 unspecified atom stereocenters. The molecule has 25 heavy (non-hydrogen) atoms. The summed E-state index contributed by atoms with van der Waals surface area (Å²) in [5.41, 5.74) is -0.00864. The summed E-state index contributed by atoms with van der Waals surface area (Å²) < 4.78 is 0. The van der Waals surface area contributed by atoms with Crippen LogP contribution in [-0.4, -0.2) is 72.6 Å². The minimum atomic E-state index is -0.716. The third-order valence-electron chi connectivity index (χ3n) is 5.39. The summed E-state index contributed by atoms with van der Waals surface area (Å²) in [6, 6.07) is 0. The van der Waals surface area contributed by atoms with Crippen LogP contribution in [0.25, 0.3) is 0 Å². The van der Waals surface area contributed by atoms with E-state index < -0.39 is 5.97 Å². The van der Waals surface area contributed by atoms with E-state index in [9.17, 15) is 14.7 Å². The number of piperazine rings is 1. The number of likely N-dealkylation sites (tertiary alicyclic amines) is 1. The molecule has 0 aromatic carbocycles. The van der Waals surface area contributed by atoms with Crippen molar-refractivity contribution in [3.05, 3.63) is 0 Å². The van der Waals surface area contributed by atoms with E-state index >= 15 is 0 Å². The quantitative estimate of drug-likeness (QED) is 0.760. The van der Waals surface area contributed by atoms with Gasteiger partial charge in [-0.05, 0) is 36.6 Å². The average molecular weight is 354 g/mol. The first-order chi connectivity index (χ1) is 11.7. The molecule has 1 amide bonds. The maximum atomic E-state index is 12.6. The molecule has 0 aromatic heterocycles. The summed E-state index contributed by atoms with van der Waals surface area (Å²) in [5.74, 6) is -0.0113. The molecule has 0 aliphatic carbocycles. The molecule has 2 aliphatic heterocycles. The largest absolute Gasteiger partial charge is 0.481 e. The van der Waals surface area contributed by atoms with Gasteiger partial charge < -0.3 is 20.2 Å². The fourth-order valence-electron chi connectivity index (χ4n) is 3.98. The Hall–Kier alpha value is -1.14. The normalized spacial score (nSPS) is 25.8. The number of carbonyl (C=O) groups excluding carboxylic acids is 1.